The fourth-order valence-electron chi connectivity index (χ4n) is 2.98. The summed E-state index contributed by atoms with van der Waals surface area (Å²) in [6.45, 7) is 2.28. The lowest BCUT2D eigenvalue weighted by Crippen LogP contribution is -2.39. The highest BCUT2D eigenvalue weighted by Gasteiger charge is 2.38. The predicted molar refractivity (Wildman–Crippen MR) is 113 cm³/mol. The van der Waals surface area contributed by atoms with Crippen LogP contribution in [0.4, 0.5) is 43.8 Å². The third-order valence-electron chi connectivity index (χ3n) is 4.72. The average Bonchev–Trinajstić information content (AvgIpc) is 3.34. The minimum absolute atomic E-state index is 0.122. The Morgan fingerprint density at radius 3 is 2.22 bits per heavy atom. The number of nitrogens with two attached hydrogens (primary N) is 1. The van der Waals surface area contributed by atoms with Gasteiger partial charge in [-0.1, -0.05) is 12.0 Å². The number of carbonyl (C=O) groups excluding carboxylic acids is 2. The van der Waals surface area contributed by atoms with Crippen molar-refractivity contribution in [2.45, 2.75) is 58.2 Å². The van der Waals surface area contributed by atoms with E-state index in [1.165, 1.54) is 10.9 Å². The van der Waals surface area contributed by atoms with Crippen molar-refractivity contribution in [2.24, 2.45) is 10.2 Å². The first-order valence-electron chi connectivity index (χ1n) is 10.9. The zero-order valence-corrected chi connectivity index (χ0v) is 19.2. The number of anilines is 1. The number of azo groups is 1. The van der Waals surface area contributed by atoms with Gasteiger partial charge in [-0.2, -0.15) is 31.4 Å². The van der Waals surface area contributed by atoms with E-state index in [0.717, 1.165) is 6.42 Å². The number of aryl methyl sites for hydroxylation is 3. The summed E-state index contributed by atoms with van der Waals surface area (Å²) in [5.41, 5.74) is 6.27. The second-order valence-electron chi connectivity index (χ2n) is 7.54. The van der Waals surface area contributed by atoms with Crippen LogP contribution in [0.3, 0.4) is 0 Å². The van der Waals surface area contributed by atoms with Gasteiger partial charge in [-0.25, -0.2) is 13.8 Å². The lowest BCUT2D eigenvalue weighted by molar-refractivity contribution is -0.683. The lowest BCUT2D eigenvalue weighted by atomic mass is 10.4. The number of carbonyl (C=O) groups is 2. The first kappa shape index (κ1) is 28.6. The summed E-state index contributed by atoms with van der Waals surface area (Å²) >= 11 is 0. The molecule has 2 aromatic rings. The molecule has 0 aliphatic heterocycles. The number of rotatable bonds is 12. The Hall–Kier alpha value is -3.66. The highest BCUT2D eigenvalue weighted by Crippen LogP contribution is 2.23. The van der Waals surface area contributed by atoms with Gasteiger partial charge >= 0.3 is 30.1 Å². The molecule has 0 aromatic carbocycles. The van der Waals surface area contributed by atoms with Crippen molar-refractivity contribution >= 4 is 29.3 Å². The van der Waals surface area contributed by atoms with Crippen LogP contribution < -0.4 is 20.9 Å². The normalized spacial score (nSPS) is 12.3. The van der Waals surface area contributed by atoms with E-state index < -0.39 is 24.2 Å². The molecule has 11 nitrogen and oxygen atoms in total. The molecule has 0 bridgehead atoms. The molecule has 0 unspecified atom stereocenters. The first-order chi connectivity index (χ1) is 16.8. The van der Waals surface area contributed by atoms with E-state index in [2.05, 4.69) is 15.3 Å². The number of amides is 2. The van der Waals surface area contributed by atoms with Crippen molar-refractivity contribution in [1.29, 1.82) is 0 Å². The van der Waals surface area contributed by atoms with E-state index in [4.69, 9.17) is 5.73 Å². The van der Waals surface area contributed by atoms with Crippen molar-refractivity contribution in [3.8, 4) is 0 Å². The van der Waals surface area contributed by atoms with Crippen molar-refractivity contribution in [1.82, 2.24) is 25.0 Å². The lowest BCUT2D eigenvalue weighted by Gasteiger charge is -2.07. The molecule has 4 N–H and O–H groups in total. The highest BCUT2D eigenvalue weighted by atomic mass is 19.4. The van der Waals surface area contributed by atoms with Crippen LogP contribution in [0.5, 0.6) is 0 Å². The maximum Gasteiger partial charge on any atom is 0.471 e. The maximum absolute atomic E-state index is 12.3. The highest BCUT2D eigenvalue weighted by molar-refractivity contribution is 5.81. The molecule has 0 saturated heterocycles. The number of nitrogens with one attached hydrogen (secondary N) is 2. The van der Waals surface area contributed by atoms with Crippen LogP contribution in [0.25, 0.3) is 0 Å². The molecule has 0 fully saturated rings. The van der Waals surface area contributed by atoms with E-state index in [-0.39, 0.29) is 56.5 Å². The standard InChI is InChI=1S/C19H25F6N9O2/c1-2-7-34-14(26)13(12-29-34)30-31-17-32(8-3-5-27-15(35)18(20,21)22)10-11-33(17)9-4-6-28-16(36)19(23,24)25/h10-12,26H,2-9H2,1H3,(H2,27,28,35,36)/p+1. The third kappa shape index (κ3) is 8.23. The van der Waals surface area contributed by atoms with Crippen LogP contribution in [0.2, 0.25) is 0 Å². The molecular weight excluding hydrogens is 500 g/mol. The van der Waals surface area contributed by atoms with Crippen molar-refractivity contribution in [3.05, 3.63) is 18.6 Å². The van der Waals surface area contributed by atoms with Crippen LogP contribution in [0, 0.1) is 0 Å². The van der Waals surface area contributed by atoms with Gasteiger partial charge in [-0.3, -0.25) is 9.59 Å². The molecule has 200 valence electrons. The Kier molecular flexibility index (Phi) is 9.80. The van der Waals surface area contributed by atoms with E-state index in [9.17, 15) is 35.9 Å². The Bertz CT molecular complexity index is 1010. The predicted octanol–water partition coefficient (Wildman–Crippen LogP) is 2.52. The molecule has 2 heterocycles. The van der Waals surface area contributed by atoms with E-state index in [1.807, 2.05) is 6.92 Å². The molecule has 0 aliphatic rings. The Morgan fingerprint density at radius 2 is 1.64 bits per heavy atom. The fourth-order valence-corrected chi connectivity index (χ4v) is 2.98. The Balaban J connectivity index is 2.11. The van der Waals surface area contributed by atoms with Gasteiger partial charge < -0.3 is 16.4 Å². The number of aromatic nitrogens is 4. The molecule has 0 atom stereocenters. The van der Waals surface area contributed by atoms with Gasteiger partial charge in [0.25, 0.3) is 0 Å². The fraction of sp³-hybridized carbons (Fsp3) is 0.579. The molecule has 2 rings (SSSR count). The summed E-state index contributed by atoms with van der Waals surface area (Å²) < 4.78 is 78.5. The molecule has 17 heteroatoms. The Labute approximate surface area is 201 Å². The van der Waals surface area contributed by atoms with E-state index in [0.29, 0.717) is 6.54 Å². The van der Waals surface area contributed by atoms with E-state index >= 15 is 0 Å². The van der Waals surface area contributed by atoms with Gasteiger partial charge in [-0.05, 0) is 19.3 Å². The van der Waals surface area contributed by atoms with Crippen molar-refractivity contribution < 1.29 is 40.5 Å². The maximum atomic E-state index is 12.3. The summed E-state index contributed by atoms with van der Waals surface area (Å²) in [4.78, 5) is 21.9. The quantitative estimate of drug-likeness (QED) is 0.170. The van der Waals surface area contributed by atoms with Crippen molar-refractivity contribution in [3.63, 3.8) is 0 Å². The van der Waals surface area contributed by atoms with E-state index in [1.54, 1.807) is 32.2 Å². The zero-order valence-electron chi connectivity index (χ0n) is 19.2. The van der Waals surface area contributed by atoms with Crippen LogP contribution >= 0.6 is 0 Å². The summed E-state index contributed by atoms with van der Waals surface area (Å²) in [5, 5.41) is 15.9. The number of alkyl halides is 6. The molecule has 0 saturated carbocycles. The number of nitrogens with zero attached hydrogens (tertiary/aromatic N) is 6. The van der Waals surface area contributed by atoms with Gasteiger partial charge in [0.15, 0.2) is 11.5 Å². The number of imidazole rings is 1. The zero-order chi connectivity index (χ0) is 26.9. The molecule has 0 aliphatic carbocycles. The van der Waals surface area contributed by atoms with Gasteiger partial charge in [0, 0.05) is 24.7 Å². The first-order valence-corrected chi connectivity index (χ1v) is 10.9. The second-order valence-corrected chi connectivity index (χ2v) is 7.54. The van der Waals surface area contributed by atoms with Crippen LogP contribution in [0.15, 0.2) is 28.8 Å². The van der Waals surface area contributed by atoms with Crippen LogP contribution in [0.1, 0.15) is 26.2 Å². The van der Waals surface area contributed by atoms with Gasteiger partial charge in [0.1, 0.15) is 0 Å². The van der Waals surface area contributed by atoms with Crippen molar-refractivity contribution in [2.75, 3.05) is 18.8 Å². The molecular formula is C19H26F6N9O2+. The number of hydrogen-bond donors (Lipinski definition) is 3. The van der Waals surface area contributed by atoms with Crippen LogP contribution in [-0.4, -0.2) is 51.6 Å². The number of hydrogen-bond acceptors (Lipinski definition) is 6. The monoisotopic (exact) mass is 526 g/mol. The summed E-state index contributed by atoms with van der Waals surface area (Å²) in [6, 6.07) is 0. The minimum atomic E-state index is -4.99. The summed E-state index contributed by atoms with van der Waals surface area (Å²) in [7, 11) is 0. The van der Waals surface area contributed by atoms with Crippen LogP contribution in [-0.2, 0) is 29.2 Å². The smallest absolute Gasteiger partial charge is 0.382 e. The number of halogens is 6. The third-order valence-corrected chi connectivity index (χ3v) is 4.72. The average molecular weight is 526 g/mol. The minimum Gasteiger partial charge on any atom is -0.382 e. The SMILES string of the molecule is CCCn1ncc(N=Nc2n(CCCNC(=O)C(F)(F)F)cc[n+]2CCCNC(=O)C(F)(F)F)c1N. The Morgan fingerprint density at radius 1 is 1.03 bits per heavy atom. The molecule has 0 radical (unpaired) electrons. The molecule has 2 amide bonds. The largest absolute Gasteiger partial charge is 0.471 e. The second kappa shape index (κ2) is 12.3. The summed E-state index contributed by atoms with van der Waals surface area (Å²) in [6.07, 6.45) is -4.43. The molecule has 2 aromatic heterocycles. The van der Waals surface area contributed by atoms with Gasteiger partial charge in [0.2, 0.25) is 0 Å². The van der Waals surface area contributed by atoms with Gasteiger partial charge in [-0.15, -0.1) is 0 Å². The van der Waals surface area contributed by atoms with Gasteiger partial charge in [0.05, 0.1) is 31.7 Å². The number of nitrogen functional groups attached to an aromatic ring is 1. The topological polar surface area (TPSA) is 136 Å². The molecule has 36 heavy (non-hydrogen) atoms. The summed E-state index contributed by atoms with van der Waals surface area (Å²) in [5.74, 6) is -3.60. The molecule has 0 spiro atoms.